The molecular formula is C23H26N4O3. The van der Waals surface area contributed by atoms with Gasteiger partial charge in [0, 0.05) is 48.2 Å². The highest BCUT2D eigenvalue weighted by atomic mass is 16.2. The number of carbonyl (C=O) groups excluding carboxylic acids is 3. The lowest BCUT2D eigenvalue weighted by Gasteiger charge is -2.17. The Hall–Kier alpha value is -3.61. The number of fused-ring (bicyclic) bond motifs is 1. The maximum atomic E-state index is 12.9. The predicted molar refractivity (Wildman–Crippen MR) is 117 cm³/mol. The number of hydrogen-bond acceptors (Lipinski definition) is 3. The van der Waals surface area contributed by atoms with E-state index in [1.807, 2.05) is 37.4 Å². The van der Waals surface area contributed by atoms with E-state index in [2.05, 4.69) is 20.9 Å². The summed E-state index contributed by atoms with van der Waals surface area (Å²) in [6.45, 7) is 3.99. The van der Waals surface area contributed by atoms with E-state index in [9.17, 15) is 14.4 Å². The van der Waals surface area contributed by atoms with Gasteiger partial charge in [0.05, 0.1) is 0 Å². The molecule has 0 radical (unpaired) electrons. The van der Waals surface area contributed by atoms with Gasteiger partial charge in [0.15, 0.2) is 0 Å². The monoisotopic (exact) mass is 406 g/mol. The largest absolute Gasteiger partial charge is 0.361 e. The second kappa shape index (κ2) is 9.73. The Kier molecular flexibility index (Phi) is 6.85. The average Bonchev–Trinajstić information content (AvgIpc) is 3.14. The molecule has 0 aliphatic rings. The van der Waals surface area contributed by atoms with Crippen LogP contribution in [0.5, 0.6) is 0 Å². The molecule has 3 aromatic rings. The lowest BCUT2D eigenvalue weighted by molar-refractivity contribution is -0.125. The van der Waals surface area contributed by atoms with Crippen molar-refractivity contribution in [2.45, 2.75) is 32.7 Å². The number of para-hydroxylation sites is 1. The summed E-state index contributed by atoms with van der Waals surface area (Å²) in [5.41, 5.74) is 3.01. The van der Waals surface area contributed by atoms with Crippen LogP contribution in [0.1, 0.15) is 36.2 Å². The van der Waals surface area contributed by atoms with Crippen molar-refractivity contribution in [3.05, 3.63) is 65.9 Å². The van der Waals surface area contributed by atoms with Crippen LogP contribution in [0.2, 0.25) is 0 Å². The summed E-state index contributed by atoms with van der Waals surface area (Å²) < 4.78 is 0. The first-order valence-electron chi connectivity index (χ1n) is 9.99. The van der Waals surface area contributed by atoms with E-state index in [-0.39, 0.29) is 17.7 Å². The number of carbonyl (C=O) groups is 3. The minimum absolute atomic E-state index is 0.148. The Labute approximate surface area is 175 Å². The molecule has 1 unspecified atom stereocenters. The molecule has 1 aromatic heterocycles. The molecule has 0 aliphatic carbocycles. The first-order chi connectivity index (χ1) is 14.5. The standard InChI is InChI=1S/C23H26N4O3/c1-3-12-24-22(29)16-8-10-18(11-9-16)27-23(30)21(26-15(2)28)13-17-14-25-20-7-5-4-6-19(17)20/h4-11,14,21,25H,3,12-13H2,1-2H3,(H,24,29)(H,26,28)(H,27,30). The van der Waals surface area contributed by atoms with Gasteiger partial charge >= 0.3 is 0 Å². The Morgan fingerprint density at radius 3 is 2.47 bits per heavy atom. The number of H-pyrrole nitrogens is 1. The van der Waals surface area contributed by atoms with Crippen LogP contribution in [0.25, 0.3) is 10.9 Å². The van der Waals surface area contributed by atoms with Gasteiger partial charge in [-0.2, -0.15) is 0 Å². The molecule has 7 heteroatoms. The number of aromatic amines is 1. The molecule has 0 aliphatic heterocycles. The van der Waals surface area contributed by atoms with E-state index < -0.39 is 6.04 Å². The minimum atomic E-state index is -0.728. The fourth-order valence-corrected chi connectivity index (χ4v) is 3.25. The minimum Gasteiger partial charge on any atom is -0.361 e. The number of aromatic nitrogens is 1. The normalized spacial score (nSPS) is 11.7. The van der Waals surface area contributed by atoms with Crippen LogP contribution in [0.15, 0.2) is 54.7 Å². The van der Waals surface area contributed by atoms with Gasteiger partial charge in [-0.3, -0.25) is 14.4 Å². The van der Waals surface area contributed by atoms with Crippen molar-refractivity contribution in [1.29, 1.82) is 0 Å². The van der Waals surface area contributed by atoms with Crippen molar-refractivity contribution < 1.29 is 14.4 Å². The molecule has 3 rings (SSSR count). The van der Waals surface area contributed by atoms with Crippen molar-refractivity contribution in [1.82, 2.24) is 15.6 Å². The number of hydrogen-bond donors (Lipinski definition) is 4. The molecule has 1 heterocycles. The number of anilines is 1. The Balaban J connectivity index is 1.71. The van der Waals surface area contributed by atoms with Gasteiger partial charge in [-0.1, -0.05) is 25.1 Å². The third-order valence-corrected chi connectivity index (χ3v) is 4.74. The van der Waals surface area contributed by atoms with Gasteiger partial charge in [0.25, 0.3) is 5.91 Å². The molecule has 4 N–H and O–H groups in total. The average molecular weight is 406 g/mol. The fraction of sp³-hybridized carbons (Fsp3) is 0.261. The number of nitrogens with one attached hydrogen (secondary N) is 4. The summed E-state index contributed by atoms with van der Waals surface area (Å²) in [7, 11) is 0. The van der Waals surface area contributed by atoms with Crippen LogP contribution < -0.4 is 16.0 Å². The van der Waals surface area contributed by atoms with Crippen molar-refractivity contribution >= 4 is 34.3 Å². The van der Waals surface area contributed by atoms with Gasteiger partial charge in [-0.25, -0.2) is 0 Å². The van der Waals surface area contributed by atoms with Crippen LogP contribution in [-0.4, -0.2) is 35.3 Å². The third-order valence-electron chi connectivity index (χ3n) is 4.74. The van der Waals surface area contributed by atoms with Crippen LogP contribution in [0.4, 0.5) is 5.69 Å². The smallest absolute Gasteiger partial charge is 0.251 e. The van der Waals surface area contributed by atoms with Crippen LogP contribution in [0.3, 0.4) is 0 Å². The molecule has 1 atom stereocenters. The quantitative estimate of drug-likeness (QED) is 0.462. The van der Waals surface area contributed by atoms with E-state index in [4.69, 9.17) is 0 Å². The van der Waals surface area contributed by atoms with E-state index in [1.165, 1.54) is 6.92 Å². The van der Waals surface area contributed by atoms with E-state index in [0.29, 0.717) is 24.2 Å². The van der Waals surface area contributed by atoms with Crippen molar-refractivity contribution in [2.24, 2.45) is 0 Å². The van der Waals surface area contributed by atoms with E-state index in [1.54, 1.807) is 24.3 Å². The molecule has 0 saturated heterocycles. The molecule has 3 amide bonds. The third kappa shape index (κ3) is 5.26. The van der Waals surface area contributed by atoms with Gasteiger partial charge in [-0.15, -0.1) is 0 Å². The first-order valence-corrected chi connectivity index (χ1v) is 9.99. The highest BCUT2D eigenvalue weighted by molar-refractivity contribution is 5.99. The maximum absolute atomic E-state index is 12.9. The predicted octanol–water partition coefficient (Wildman–Crippen LogP) is 2.99. The second-order valence-corrected chi connectivity index (χ2v) is 7.14. The van der Waals surface area contributed by atoms with Crippen LogP contribution in [-0.2, 0) is 16.0 Å². The zero-order valence-electron chi connectivity index (χ0n) is 17.1. The topological polar surface area (TPSA) is 103 Å². The summed E-state index contributed by atoms with van der Waals surface area (Å²) in [4.78, 5) is 39.7. The van der Waals surface area contributed by atoms with Crippen molar-refractivity contribution in [2.75, 3.05) is 11.9 Å². The molecule has 0 fully saturated rings. The molecule has 30 heavy (non-hydrogen) atoms. The van der Waals surface area contributed by atoms with Gasteiger partial charge < -0.3 is 20.9 Å². The fourth-order valence-electron chi connectivity index (χ4n) is 3.25. The Morgan fingerprint density at radius 2 is 1.77 bits per heavy atom. The van der Waals surface area contributed by atoms with Gasteiger partial charge in [0.2, 0.25) is 11.8 Å². The summed E-state index contributed by atoms with van der Waals surface area (Å²) in [6.07, 6.45) is 3.07. The van der Waals surface area contributed by atoms with Crippen molar-refractivity contribution in [3.8, 4) is 0 Å². The number of amides is 3. The second-order valence-electron chi connectivity index (χ2n) is 7.14. The number of rotatable bonds is 8. The molecule has 7 nitrogen and oxygen atoms in total. The Bertz CT molecular complexity index is 1040. The Morgan fingerprint density at radius 1 is 1.03 bits per heavy atom. The molecule has 0 saturated carbocycles. The zero-order chi connectivity index (χ0) is 21.5. The molecule has 156 valence electrons. The molecule has 0 spiro atoms. The summed E-state index contributed by atoms with van der Waals surface area (Å²) in [5.74, 6) is -0.748. The molecule has 2 aromatic carbocycles. The highest BCUT2D eigenvalue weighted by Crippen LogP contribution is 2.20. The van der Waals surface area contributed by atoms with Crippen molar-refractivity contribution in [3.63, 3.8) is 0 Å². The maximum Gasteiger partial charge on any atom is 0.251 e. The van der Waals surface area contributed by atoms with Gasteiger partial charge in [-0.05, 0) is 42.3 Å². The first kappa shape index (κ1) is 21.1. The number of benzene rings is 2. The zero-order valence-corrected chi connectivity index (χ0v) is 17.1. The lowest BCUT2D eigenvalue weighted by Crippen LogP contribution is -2.44. The van der Waals surface area contributed by atoms with E-state index in [0.717, 1.165) is 22.9 Å². The summed E-state index contributed by atoms with van der Waals surface area (Å²) >= 11 is 0. The van der Waals surface area contributed by atoms with Gasteiger partial charge in [0.1, 0.15) is 6.04 Å². The highest BCUT2D eigenvalue weighted by Gasteiger charge is 2.21. The van der Waals surface area contributed by atoms with E-state index >= 15 is 0 Å². The summed E-state index contributed by atoms with van der Waals surface area (Å²) in [6, 6.07) is 13.8. The van der Waals surface area contributed by atoms with Crippen LogP contribution >= 0.6 is 0 Å². The molecule has 0 bridgehead atoms. The SMILES string of the molecule is CCCNC(=O)c1ccc(NC(=O)C(Cc2c[nH]c3ccccc23)NC(C)=O)cc1. The lowest BCUT2D eigenvalue weighted by atomic mass is 10.0. The van der Waals surface area contributed by atoms with Crippen LogP contribution in [0, 0.1) is 0 Å². The molecular weight excluding hydrogens is 380 g/mol. The summed E-state index contributed by atoms with van der Waals surface area (Å²) in [5, 5.41) is 9.38.